The molecule has 12 heteroatoms. The molecule has 0 radical (unpaired) electrons. The zero-order valence-electron chi connectivity index (χ0n) is 16.4. The Labute approximate surface area is 207 Å². The smallest absolute Gasteiger partial charge is 0.329 e. The monoisotopic (exact) mass is 536 g/mol. The zero-order chi connectivity index (χ0) is 23.9. The number of hydrogen-bond acceptors (Lipinski definition) is 5. The van der Waals surface area contributed by atoms with Crippen molar-refractivity contribution in [2.75, 3.05) is 11.9 Å². The summed E-state index contributed by atoms with van der Waals surface area (Å²) in [5.74, 6) is -3.39. The van der Waals surface area contributed by atoms with E-state index in [-0.39, 0.29) is 31.2 Å². The van der Waals surface area contributed by atoms with Crippen LogP contribution in [0.25, 0.3) is 0 Å². The molecule has 168 valence electrons. The molecule has 2 aromatic rings. The molecule has 2 aromatic carbocycles. The summed E-state index contributed by atoms with van der Waals surface area (Å²) in [4.78, 5) is 50.8. The van der Waals surface area contributed by atoms with E-state index in [2.05, 4.69) is 5.32 Å². The Kier molecular flexibility index (Phi) is 7.27. The minimum Gasteiger partial charge on any atom is -0.454 e. The number of nitrogens with one attached hydrogen (secondary N) is 1. The van der Waals surface area contributed by atoms with Crippen molar-refractivity contribution in [1.82, 2.24) is 4.90 Å². The first-order valence-electron chi connectivity index (χ1n) is 8.92. The van der Waals surface area contributed by atoms with Gasteiger partial charge in [0.05, 0.1) is 31.2 Å². The molecule has 3 rings (SSSR count). The van der Waals surface area contributed by atoms with Crippen LogP contribution in [-0.2, 0) is 14.3 Å². The number of imide groups is 1. The molecule has 1 aliphatic rings. The van der Waals surface area contributed by atoms with Crippen LogP contribution in [0, 0.1) is 6.92 Å². The quantitative estimate of drug-likeness (QED) is 0.237. The van der Waals surface area contributed by atoms with Gasteiger partial charge in [-0.1, -0.05) is 58.0 Å². The first-order valence-corrected chi connectivity index (χ1v) is 10.8. The molecule has 0 saturated heterocycles. The van der Waals surface area contributed by atoms with E-state index in [1.54, 1.807) is 25.1 Å². The predicted molar refractivity (Wildman–Crippen MR) is 122 cm³/mol. The van der Waals surface area contributed by atoms with Crippen LogP contribution in [0.4, 0.5) is 5.69 Å². The van der Waals surface area contributed by atoms with Gasteiger partial charge in [-0.2, -0.15) is 0 Å². The van der Waals surface area contributed by atoms with Crippen molar-refractivity contribution in [2.24, 2.45) is 0 Å². The molecule has 1 heterocycles. The van der Waals surface area contributed by atoms with Crippen LogP contribution in [0.2, 0.25) is 25.1 Å². The largest absolute Gasteiger partial charge is 0.454 e. The fourth-order valence-corrected chi connectivity index (χ4v) is 4.28. The normalized spacial score (nSPS) is 13.8. The number of fused-ring (bicyclic) bond motifs is 1. The van der Waals surface area contributed by atoms with Crippen LogP contribution in [0.1, 0.15) is 33.2 Å². The lowest BCUT2D eigenvalue weighted by Gasteiger charge is -2.20. The summed E-state index contributed by atoms with van der Waals surface area (Å²) in [6, 6.07) is 3.47. The standard InChI is InChI=1S/C20H13Cl5N2O5/c1-7-5-9(21)3-4-10(7)26-11(28)6-32-20(31)8(2)27-18(29)12-13(19(27)30)15(23)17(25)16(24)14(12)22/h3-5,8H,6H2,1-2H3,(H,26,28)/t8-/m1/s1. The predicted octanol–water partition coefficient (Wildman–Crippen LogP) is 5.43. The van der Waals surface area contributed by atoms with Crippen molar-refractivity contribution in [3.05, 3.63) is 60.0 Å². The van der Waals surface area contributed by atoms with Crippen LogP contribution in [0.15, 0.2) is 18.2 Å². The van der Waals surface area contributed by atoms with Crippen molar-refractivity contribution >= 4 is 87.4 Å². The van der Waals surface area contributed by atoms with Gasteiger partial charge in [0, 0.05) is 10.7 Å². The molecule has 0 saturated carbocycles. The minimum absolute atomic E-state index is 0.190. The highest BCUT2D eigenvalue weighted by atomic mass is 35.5. The average molecular weight is 539 g/mol. The molecule has 0 spiro atoms. The second kappa shape index (κ2) is 9.45. The number of anilines is 1. The number of carbonyl (C=O) groups excluding carboxylic acids is 4. The number of benzene rings is 2. The van der Waals surface area contributed by atoms with E-state index in [9.17, 15) is 19.2 Å². The lowest BCUT2D eigenvalue weighted by molar-refractivity contribution is -0.150. The summed E-state index contributed by atoms with van der Waals surface area (Å²) in [6.45, 7) is 2.36. The Balaban J connectivity index is 1.71. The van der Waals surface area contributed by atoms with Gasteiger partial charge in [-0.15, -0.1) is 0 Å². The number of nitrogens with zero attached hydrogens (tertiary/aromatic N) is 1. The van der Waals surface area contributed by atoms with E-state index in [0.717, 1.165) is 0 Å². The molecule has 1 N–H and O–H groups in total. The third-order valence-corrected chi connectivity index (χ3v) is 6.71. The van der Waals surface area contributed by atoms with Gasteiger partial charge in [-0.25, -0.2) is 4.79 Å². The number of carbonyl (C=O) groups is 4. The fraction of sp³-hybridized carbons (Fsp3) is 0.200. The Morgan fingerprint density at radius 2 is 1.50 bits per heavy atom. The molecule has 0 aliphatic carbocycles. The van der Waals surface area contributed by atoms with Crippen LogP contribution in [0.3, 0.4) is 0 Å². The summed E-state index contributed by atoms with van der Waals surface area (Å²) in [6.07, 6.45) is 0. The van der Waals surface area contributed by atoms with Gasteiger partial charge < -0.3 is 10.1 Å². The maximum Gasteiger partial charge on any atom is 0.329 e. The highest BCUT2D eigenvalue weighted by Gasteiger charge is 2.45. The molecule has 0 bridgehead atoms. The summed E-state index contributed by atoms with van der Waals surface area (Å²) >= 11 is 30.0. The van der Waals surface area contributed by atoms with Crippen molar-refractivity contribution in [1.29, 1.82) is 0 Å². The summed E-state index contributed by atoms with van der Waals surface area (Å²) in [7, 11) is 0. The summed E-state index contributed by atoms with van der Waals surface area (Å²) in [5.41, 5.74) is 0.683. The van der Waals surface area contributed by atoms with Crippen LogP contribution < -0.4 is 5.32 Å². The van der Waals surface area contributed by atoms with Crippen LogP contribution in [-0.4, -0.2) is 41.2 Å². The van der Waals surface area contributed by atoms with Gasteiger partial charge in [-0.3, -0.25) is 19.3 Å². The molecule has 3 amide bonds. The maximum absolute atomic E-state index is 12.8. The first-order chi connectivity index (χ1) is 15.0. The Hall–Kier alpha value is -2.03. The second-order valence-electron chi connectivity index (χ2n) is 6.78. The zero-order valence-corrected chi connectivity index (χ0v) is 20.2. The Bertz CT molecular complexity index is 1140. The second-order valence-corrected chi connectivity index (χ2v) is 8.73. The molecule has 1 aliphatic heterocycles. The lowest BCUT2D eigenvalue weighted by Crippen LogP contribution is -2.44. The lowest BCUT2D eigenvalue weighted by atomic mass is 10.1. The number of halogens is 5. The molecule has 0 fully saturated rings. The van der Waals surface area contributed by atoms with Gasteiger partial charge in [0.25, 0.3) is 17.7 Å². The van der Waals surface area contributed by atoms with E-state index in [0.29, 0.717) is 21.2 Å². The van der Waals surface area contributed by atoms with Crippen LogP contribution in [0.5, 0.6) is 0 Å². The van der Waals surface area contributed by atoms with Crippen molar-refractivity contribution in [3.63, 3.8) is 0 Å². The Morgan fingerprint density at radius 1 is 0.969 bits per heavy atom. The minimum atomic E-state index is -1.38. The van der Waals surface area contributed by atoms with Gasteiger partial charge in [0.1, 0.15) is 6.04 Å². The number of ether oxygens (including phenoxy) is 1. The molecule has 7 nitrogen and oxygen atoms in total. The average Bonchev–Trinajstić information content (AvgIpc) is 3.00. The molecule has 32 heavy (non-hydrogen) atoms. The fourth-order valence-electron chi connectivity index (χ4n) is 3.03. The van der Waals surface area contributed by atoms with Gasteiger partial charge in [0.15, 0.2) is 6.61 Å². The molecule has 0 unspecified atom stereocenters. The van der Waals surface area contributed by atoms with Crippen molar-refractivity contribution in [2.45, 2.75) is 19.9 Å². The van der Waals surface area contributed by atoms with E-state index in [4.69, 9.17) is 62.7 Å². The number of esters is 1. The van der Waals surface area contributed by atoms with Gasteiger partial charge >= 0.3 is 5.97 Å². The Morgan fingerprint density at radius 3 is 2.00 bits per heavy atom. The number of amides is 3. The van der Waals surface area contributed by atoms with E-state index in [1.807, 2.05) is 0 Å². The summed E-state index contributed by atoms with van der Waals surface area (Å²) in [5, 5.41) is 2.19. The maximum atomic E-state index is 12.8. The SMILES string of the molecule is Cc1cc(Cl)ccc1NC(=O)COC(=O)[C@@H](C)N1C(=O)c2c(Cl)c(Cl)c(Cl)c(Cl)c2C1=O. The highest BCUT2D eigenvalue weighted by molar-refractivity contribution is 6.55. The third-order valence-electron chi connectivity index (χ3n) is 4.67. The van der Waals surface area contributed by atoms with E-state index >= 15 is 0 Å². The molecule has 0 aromatic heterocycles. The molecular formula is C20H13Cl5N2O5. The number of rotatable bonds is 5. The number of aryl methyl sites for hydroxylation is 1. The van der Waals surface area contributed by atoms with Gasteiger partial charge in [-0.05, 0) is 37.6 Å². The first kappa shape index (κ1) is 24.6. The molecular weight excluding hydrogens is 525 g/mol. The van der Waals surface area contributed by atoms with Gasteiger partial charge in [0.2, 0.25) is 0 Å². The van der Waals surface area contributed by atoms with E-state index < -0.39 is 36.3 Å². The van der Waals surface area contributed by atoms with E-state index in [1.165, 1.54) is 6.92 Å². The third kappa shape index (κ3) is 4.40. The number of hydrogen-bond donors (Lipinski definition) is 1. The topological polar surface area (TPSA) is 92.8 Å². The summed E-state index contributed by atoms with van der Waals surface area (Å²) < 4.78 is 4.98. The van der Waals surface area contributed by atoms with Crippen molar-refractivity contribution in [3.8, 4) is 0 Å². The van der Waals surface area contributed by atoms with Crippen molar-refractivity contribution < 1.29 is 23.9 Å². The van der Waals surface area contributed by atoms with Crippen LogP contribution >= 0.6 is 58.0 Å². The molecule has 1 atom stereocenters. The highest BCUT2D eigenvalue weighted by Crippen LogP contribution is 2.45.